The first kappa shape index (κ1) is 20.5. The largest absolute Gasteiger partial charge is 0.380 e. The van der Waals surface area contributed by atoms with Crippen LogP contribution in [0, 0.1) is 23.7 Å². The second-order valence-electron chi connectivity index (χ2n) is 8.29. The van der Waals surface area contributed by atoms with Gasteiger partial charge in [0.15, 0.2) is 5.13 Å². The van der Waals surface area contributed by atoms with E-state index < -0.39 is 6.67 Å². The number of rotatable bonds is 4. The van der Waals surface area contributed by atoms with Gasteiger partial charge in [-0.05, 0) is 36.8 Å². The molecule has 9 heteroatoms. The molecule has 5 rings (SSSR count). The molecule has 32 heavy (non-hydrogen) atoms. The van der Waals surface area contributed by atoms with Crippen LogP contribution in [0.4, 0.5) is 14.3 Å². The number of amides is 2. The fourth-order valence-electron chi connectivity index (χ4n) is 4.09. The fraction of sp³-hybridized carbons (Fsp3) is 0.304. The molecule has 2 aliphatic heterocycles. The quantitative estimate of drug-likeness (QED) is 0.638. The lowest BCUT2D eigenvalue weighted by Gasteiger charge is -2.54. The second kappa shape index (κ2) is 7.97. The van der Waals surface area contributed by atoms with Crippen LogP contribution in [-0.2, 0) is 11.4 Å². The summed E-state index contributed by atoms with van der Waals surface area (Å²) in [5.41, 5.74) is 3.83. The number of carbonyl (C=O) groups excluding carboxylic acids is 1. The van der Waals surface area contributed by atoms with Gasteiger partial charge in [0.25, 0.3) is 0 Å². The number of nitrogens with zero attached hydrogens (tertiary/aromatic N) is 4. The number of halogens is 1. The third-order valence-electron chi connectivity index (χ3n) is 5.67. The zero-order valence-electron chi connectivity index (χ0n) is 17.4. The van der Waals surface area contributed by atoms with Gasteiger partial charge in [0.2, 0.25) is 0 Å². The summed E-state index contributed by atoms with van der Waals surface area (Å²) in [6, 6.07) is 12.6. The van der Waals surface area contributed by atoms with E-state index in [2.05, 4.69) is 21.4 Å². The molecule has 1 spiro atoms. The fourth-order valence-corrected chi connectivity index (χ4v) is 5.05. The minimum Gasteiger partial charge on any atom is -0.380 e. The Morgan fingerprint density at radius 1 is 1.28 bits per heavy atom. The van der Waals surface area contributed by atoms with Crippen LogP contribution in [-0.4, -0.2) is 47.2 Å². The molecule has 0 atom stereocenters. The minimum atomic E-state index is -0.670. The zero-order valence-corrected chi connectivity index (χ0v) is 18.2. The molecule has 0 aliphatic carbocycles. The highest BCUT2D eigenvalue weighted by Crippen LogP contribution is 2.41. The topological polar surface area (TPSA) is 91.1 Å². The zero-order chi connectivity index (χ0) is 22.3. The number of aryl methyl sites for hydroxylation is 1. The number of alkyl halides is 1. The van der Waals surface area contributed by atoms with Crippen LogP contribution in [0.1, 0.15) is 17.0 Å². The number of hydrogen-bond acceptors (Lipinski definition) is 6. The van der Waals surface area contributed by atoms with Crippen LogP contribution in [0.5, 0.6) is 0 Å². The first-order chi connectivity index (χ1) is 15.5. The third-order valence-corrected chi connectivity index (χ3v) is 6.69. The smallest absolute Gasteiger partial charge is 0.323 e. The Hall–Kier alpha value is -3.35. The summed E-state index contributed by atoms with van der Waals surface area (Å²) in [5.74, 6) is 0. The van der Waals surface area contributed by atoms with Gasteiger partial charge in [-0.2, -0.15) is 5.26 Å². The van der Waals surface area contributed by atoms with Crippen molar-refractivity contribution in [3.05, 3.63) is 53.3 Å². The van der Waals surface area contributed by atoms with E-state index in [4.69, 9.17) is 4.74 Å². The number of benzene rings is 1. The molecule has 1 N–H and O–H groups in total. The number of carbonyl (C=O) groups is 1. The van der Waals surface area contributed by atoms with Crippen molar-refractivity contribution in [3.8, 4) is 27.8 Å². The Kier molecular flexibility index (Phi) is 5.12. The lowest BCUT2D eigenvalue weighted by Crippen LogP contribution is -2.67. The molecule has 2 fully saturated rings. The van der Waals surface area contributed by atoms with Crippen LogP contribution < -0.4 is 5.32 Å². The van der Waals surface area contributed by atoms with Gasteiger partial charge in [-0.3, -0.25) is 10.3 Å². The highest BCUT2D eigenvalue weighted by molar-refractivity contribution is 7.19. The van der Waals surface area contributed by atoms with E-state index in [0.717, 1.165) is 16.0 Å². The Balaban J connectivity index is 1.49. The second-order valence-corrected chi connectivity index (χ2v) is 9.29. The van der Waals surface area contributed by atoms with Crippen LogP contribution in [0.15, 0.2) is 36.4 Å². The summed E-state index contributed by atoms with van der Waals surface area (Å²) < 4.78 is 18.6. The monoisotopic (exact) mass is 449 g/mol. The van der Waals surface area contributed by atoms with Gasteiger partial charge < -0.3 is 9.64 Å². The average molecular weight is 450 g/mol. The maximum atomic E-state index is 13.3. The molecule has 0 bridgehead atoms. The van der Waals surface area contributed by atoms with Crippen LogP contribution in [0.25, 0.3) is 21.7 Å². The Bertz CT molecular complexity index is 1240. The summed E-state index contributed by atoms with van der Waals surface area (Å²) in [6.45, 7) is 3.91. The third kappa shape index (κ3) is 3.72. The van der Waals surface area contributed by atoms with Gasteiger partial charge in [0, 0.05) is 24.3 Å². The maximum Gasteiger partial charge on any atom is 0.323 e. The molecule has 7 nitrogen and oxygen atoms in total. The molecule has 4 heterocycles. The number of pyridine rings is 1. The minimum absolute atomic E-state index is 0.131. The van der Waals surface area contributed by atoms with Crippen molar-refractivity contribution in [2.75, 3.05) is 31.6 Å². The first-order valence-electron chi connectivity index (χ1n) is 10.2. The molecular formula is C23H20FN5O2S. The van der Waals surface area contributed by atoms with Gasteiger partial charge in [-0.25, -0.2) is 14.2 Å². The molecule has 0 unspecified atom stereocenters. The summed E-state index contributed by atoms with van der Waals surface area (Å²) in [6.07, 6.45) is 0. The van der Waals surface area contributed by atoms with Gasteiger partial charge in [-0.15, -0.1) is 0 Å². The molecule has 3 aromatic rings. The Labute approximate surface area is 188 Å². The van der Waals surface area contributed by atoms with Gasteiger partial charge in [-0.1, -0.05) is 23.5 Å². The van der Waals surface area contributed by atoms with Crippen molar-refractivity contribution in [3.63, 3.8) is 0 Å². The molecule has 2 aromatic heterocycles. The molecule has 0 saturated carbocycles. The van der Waals surface area contributed by atoms with Crippen LogP contribution in [0.2, 0.25) is 0 Å². The normalized spacial score (nSPS) is 16.2. The summed E-state index contributed by atoms with van der Waals surface area (Å²) in [4.78, 5) is 24.1. The first-order valence-corrected chi connectivity index (χ1v) is 11.0. The highest BCUT2D eigenvalue weighted by Gasteiger charge is 2.50. The number of likely N-dealkylation sites (tertiary alicyclic amines) is 1. The van der Waals surface area contributed by atoms with Crippen molar-refractivity contribution < 1.29 is 13.9 Å². The highest BCUT2D eigenvalue weighted by atomic mass is 32.1. The standard InChI is InChI=1S/C23H20FN5O2S/c1-14-5-17(7-18(8-24)26-14)20-19(16-4-2-3-15(6-16)9-25)27-21(32-20)28-22(30)29-10-23(11-29)12-31-13-23/h2-7H,8,10-13H2,1H3,(H,27,28,30). The lowest BCUT2D eigenvalue weighted by atomic mass is 9.78. The summed E-state index contributed by atoms with van der Waals surface area (Å²) in [7, 11) is 0. The summed E-state index contributed by atoms with van der Waals surface area (Å²) in [5, 5.41) is 12.6. The number of hydrogen-bond donors (Lipinski definition) is 1. The summed E-state index contributed by atoms with van der Waals surface area (Å²) >= 11 is 1.32. The van der Waals surface area contributed by atoms with E-state index in [-0.39, 0.29) is 11.4 Å². The van der Waals surface area contributed by atoms with E-state index in [1.807, 2.05) is 19.1 Å². The number of thiazole rings is 1. The van der Waals surface area contributed by atoms with Crippen molar-refractivity contribution >= 4 is 22.5 Å². The lowest BCUT2D eigenvalue weighted by molar-refractivity contribution is -0.174. The number of nitriles is 1. The number of nitrogens with one attached hydrogen (secondary N) is 1. The molecule has 2 saturated heterocycles. The van der Waals surface area contributed by atoms with Gasteiger partial charge in [0.1, 0.15) is 6.67 Å². The van der Waals surface area contributed by atoms with E-state index in [1.165, 1.54) is 11.3 Å². The predicted molar refractivity (Wildman–Crippen MR) is 119 cm³/mol. The van der Waals surface area contributed by atoms with E-state index in [1.54, 1.807) is 29.2 Å². The number of ether oxygens (including phenoxy) is 1. The Morgan fingerprint density at radius 2 is 2.09 bits per heavy atom. The van der Waals surface area contributed by atoms with Crippen molar-refractivity contribution in [2.24, 2.45) is 5.41 Å². The van der Waals surface area contributed by atoms with E-state index in [9.17, 15) is 14.4 Å². The molecule has 2 aliphatic rings. The van der Waals surface area contributed by atoms with Crippen molar-refractivity contribution in [1.82, 2.24) is 14.9 Å². The average Bonchev–Trinajstić information content (AvgIpc) is 3.15. The molecule has 162 valence electrons. The van der Waals surface area contributed by atoms with Crippen molar-refractivity contribution in [2.45, 2.75) is 13.6 Å². The van der Waals surface area contributed by atoms with E-state index >= 15 is 0 Å². The van der Waals surface area contributed by atoms with Crippen molar-refractivity contribution in [1.29, 1.82) is 5.26 Å². The van der Waals surface area contributed by atoms with Crippen LogP contribution >= 0.6 is 11.3 Å². The van der Waals surface area contributed by atoms with Gasteiger partial charge >= 0.3 is 6.03 Å². The van der Waals surface area contributed by atoms with Gasteiger partial charge in [0.05, 0.1) is 46.5 Å². The number of aromatic nitrogens is 2. The molecular weight excluding hydrogens is 429 g/mol. The molecule has 0 radical (unpaired) electrons. The Morgan fingerprint density at radius 3 is 2.78 bits per heavy atom. The number of urea groups is 1. The maximum absolute atomic E-state index is 13.3. The molecule has 1 aromatic carbocycles. The SMILES string of the molecule is Cc1cc(-c2sc(NC(=O)N3CC4(COC4)C3)nc2-c2cccc(C#N)c2)cc(CF)n1. The number of anilines is 1. The van der Waals surface area contributed by atoms with Crippen LogP contribution in [0.3, 0.4) is 0 Å². The predicted octanol–water partition coefficient (Wildman–Crippen LogP) is 4.39. The molecule has 2 amide bonds. The van der Waals surface area contributed by atoms with E-state index in [0.29, 0.717) is 54.1 Å².